The summed E-state index contributed by atoms with van der Waals surface area (Å²) in [7, 11) is 1.56. The molecule has 6 nitrogen and oxygen atoms in total. The molecule has 3 aromatic rings. The smallest absolute Gasteiger partial charge is 0.341 e. The molecule has 0 radical (unpaired) electrons. The van der Waals surface area contributed by atoms with Crippen molar-refractivity contribution in [3.05, 3.63) is 65.6 Å². The maximum atomic E-state index is 13.6. The maximum absolute atomic E-state index is 13.6. The minimum atomic E-state index is -1.01. The minimum absolute atomic E-state index is 0.0479. The van der Waals surface area contributed by atoms with Gasteiger partial charge in [-0.15, -0.1) is 10.2 Å². The number of rotatable bonds is 5. The van der Waals surface area contributed by atoms with E-state index in [9.17, 15) is 13.6 Å². The summed E-state index contributed by atoms with van der Waals surface area (Å²) in [4.78, 5) is 12.0. The lowest BCUT2D eigenvalue weighted by atomic mass is 10.2. The summed E-state index contributed by atoms with van der Waals surface area (Å²) < 4.78 is 42.2. The number of carbonyl (C=O) groups is 1. The summed E-state index contributed by atoms with van der Waals surface area (Å²) in [6, 6.07) is 9.53. The molecule has 0 unspecified atom stereocenters. The number of methoxy groups -OCH3 is 1. The Morgan fingerprint density at radius 2 is 1.85 bits per heavy atom. The number of halogens is 2. The van der Waals surface area contributed by atoms with Crippen molar-refractivity contribution >= 4 is 5.97 Å². The van der Waals surface area contributed by atoms with E-state index in [1.54, 1.807) is 31.4 Å². The van der Waals surface area contributed by atoms with E-state index in [1.807, 2.05) is 0 Å². The molecule has 0 N–H and O–H groups in total. The Balaban J connectivity index is 1.73. The monoisotopic (exact) mass is 360 g/mol. The largest absolute Gasteiger partial charge is 0.497 e. The van der Waals surface area contributed by atoms with Gasteiger partial charge < -0.3 is 13.9 Å². The van der Waals surface area contributed by atoms with Crippen molar-refractivity contribution < 1.29 is 27.5 Å². The van der Waals surface area contributed by atoms with Crippen LogP contribution in [0.2, 0.25) is 0 Å². The lowest BCUT2D eigenvalue weighted by molar-refractivity contribution is 0.0274. The van der Waals surface area contributed by atoms with E-state index in [0.29, 0.717) is 17.4 Å². The van der Waals surface area contributed by atoms with E-state index < -0.39 is 23.7 Å². The fraction of sp³-hybridized carbons (Fsp3) is 0.167. The number of carbonyl (C=O) groups excluding carboxylic acids is 1. The Morgan fingerprint density at radius 3 is 2.50 bits per heavy atom. The van der Waals surface area contributed by atoms with Crippen molar-refractivity contribution in [2.75, 3.05) is 7.11 Å². The van der Waals surface area contributed by atoms with Crippen molar-refractivity contribution in [3.8, 4) is 17.2 Å². The minimum Gasteiger partial charge on any atom is -0.497 e. The van der Waals surface area contributed by atoms with Crippen molar-refractivity contribution in [2.45, 2.75) is 13.0 Å². The van der Waals surface area contributed by atoms with Crippen LogP contribution in [-0.4, -0.2) is 23.3 Å². The van der Waals surface area contributed by atoms with Crippen molar-refractivity contribution in [1.29, 1.82) is 0 Å². The lowest BCUT2D eigenvalue weighted by Gasteiger charge is -2.09. The van der Waals surface area contributed by atoms with Gasteiger partial charge in [0.05, 0.1) is 12.7 Å². The van der Waals surface area contributed by atoms with Gasteiger partial charge in [-0.1, -0.05) is 0 Å². The molecule has 1 heterocycles. The highest BCUT2D eigenvalue weighted by molar-refractivity contribution is 5.89. The first kappa shape index (κ1) is 17.5. The van der Waals surface area contributed by atoms with E-state index in [0.717, 1.165) is 12.1 Å². The molecule has 8 heteroatoms. The number of ether oxygens (including phenoxy) is 2. The molecule has 0 aliphatic carbocycles. The molecule has 1 atom stereocenters. The van der Waals surface area contributed by atoms with Crippen LogP contribution in [0.25, 0.3) is 11.5 Å². The van der Waals surface area contributed by atoms with Gasteiger partial charge in [0.2, 0.25) is 5.89 Å². The van der Waals surface area contributed by atoms with Crippen LogP contribution in [0, 0.1) is 11.6 Å². The Morgan fingerprint density at radius 1 is 1.12 bits per heavy atom. The molecule has 0 saturated carbocycles. The summed E-state index contributed by atoms with van der Waals surface area (Å²) in [5.74, 6) is -1.79. The molecule has 0 amide bonds. The van der Waals surface area contributed by atoms with Gasteiger partial charge in [-0.2, -0.15) is 0 Å². The van der Waals surface area contributed by atoms with Crippen molar-refractivity contribution in [1.82, 2.24) is 10.2 Å². The summed E-state index contributed by atoms with van der Waals surface area (Å²) in [6.07, 6.45) is -0.911. The van der Waals surface area contributed by atoms with Gasteiger partial charge in [-0.3, -0.25) is 0 Å². The highest BCUT2D eigenvalue weighted by Gasteiger charge is 2.22. The number of nitrogens with zero attached hydrogens (tertiary/aromatic N) is 2. The number of aromatic nitrogens is 2. The van der Waals surface area contributed by atoms with Crippen LogP contribution in [0.3, 0.4) is 0 Å². The summed E-state index contributed by atoms with van der Waals surface area (Å²) >= 11 is 0. The average Bonchev–Trinajstić information content (AvgIpc) is 3.12. The second kappa shape index (κ2) is 7.30. The van der Waals surface area contributed by atoms with Crippen LogP contribution in [0.15, 0.2) is 46.9 Å². The normalized spacial score (nSPS) is 11.8. The van der Waals surface area contributed by atoms with E-state index in [1.165, 1.54) is 6.92 Å². The predicted octanol–water partition coefficient (Wildman–Crippen LogP) is 3.94. The predicted molar refractivity (Wildman–Crippen MR) is 86.5 cm³/mol. The molecule has 0 bridgehead atoms. The summed E-state index contributed by atoms with van der Waals surface area (Å²) in [5.41, 5.74) is 0.279. The first-order valence-electron chi connectivity index (χ1n) is 7.62. The summed E-state index contributed by atoms with van der Waals surface area (Å²) in [6.45, 7) is 1.50. The molecule has 2 aromatic carbocycles. The van der Waals surface area contributed by atoms with E-state index in [4.69, 9.17) is 13.9 Å². The Hall–Kier alpha value is -3.29. The van der Waals surface area contributed by atoms with Gasteiger partial charge in [-0.05, 0) is 43.3 Å². The highest BCUT2D eigenvalue weighted by Crippen LogP contribution is 2.25. The lowest BCUT2D eigenvalue weighted by Crippen LogP contribution is -2.11. The van der Waals surface area contributed by atoms with Gasteiger partial charge in [0.15, 0.2) is 6.10 Å². The first-order valence-corrected chi connectivity index (χ1v) is 7.62. The molecular weight excluding hydrogens is 346 g/mol. The van der Waals surface area contributed by atoms with E-state index in [-0.39, 0.29) is 17.3 Å². The zero-order valence-corrected chi connectivity index (χ0v) is 13.9. The molecule has 134 valence electrons. The molecule has 0 aliphatic heterocycles. The van der Waals surface area contributed by atoms with Crippen LogP contribution in [0.5, 0.6) is 5.75 Å². The Kier molecular flexibility index (Phi) is 4.92. The highest BCUT2D eigenvalue weighted by atomic mass is 19.1. The molecule has 0 aliphatic rings. The van der Waals surface area contributed by atoms with E-state index in [2.05, 4.69) is 10.2 Å². The van der Waals surface area contributed by atoms with Gasteiger partial charge in [0.25, 0.3) is 5.89 Å². The van der Waals surface area contributed by atoms with Crippen LogP contribution in [0.1, 0.15) is 29.3 Å². The number of hydrogen-bond donors (Lipinski definition) is 0. The van der Waals surface area contributed by atoms with Crippen molar-refractivity contribution in [3.63, 3.8) is 0 Å². The number of benzene rings is 2. The van der Waals surface area contributed by atoms with Crippen LogP contribution < -0.4 is 4.74 Å². The average molecular weight is 360 g/mol. The summed E-state index contributed by atoms with van der Waals surface area (Å²) in [5, 5.41) is 7.74. The third-order valence-corrected chi connectivity index (χ3v) is 3.56. The van der Waals surface area contributed by atoms with E-state index >= 15 is 0 Å². The molecule has 0 saturated heterocycles. The molecule has 3 rings (SSSR count). The quantitative estimate of drug-likeness (QED) is 0.642. The number of hydrogen-bond acceptors (Lipinski definition) is 6. The van der Waals surface area contributed by atoms with Gasteiger partial charge in [-0.25, -0.2) is 13.6 Å². The SMILES string of the molecule is COc1ccc(-c2nnc([C@H](C)OC(=O)c3ccc(F)cc3F)o2)cc1. The third-order valence-electron chi connectivity index (χ3n) is 3.56. The molecular formula is C18H14F2N2O4. The third kappa shape index (κ3) is 3.69. The Labute approximate surface area is 147 Å². The molecule has 0 fully saturated rings. The fourth-order valence-corrected chi connectivity index (χ4v) is 2.18. The number of esters is 1. The molecule has 0 spiro atoms. The zero-order valence-electron chi connectivity index (χ0n) is 13.9. The molecule has 1 aromatic heterocycles. The van der Waals surface area contributed by atoms with Gasteiger partial charge >= 0.3 is 5.97 Å². The second-order valence-corrected chi connectivity index (χ2v) is 5.35. The first-order chi connectivity index (χ1) is 12.5. The van der Waals surface area contributed by atoms with Gasteiger partial charge in [0.1, 0.15) is 17.4 Å². The Bertz CT molecular complexity index is 925. The second-order valence-electron chi connectivity index (χ2n) is 5.35. The van der Waals surface area contributed by atoms with Crippen LogP contribution >= 0.6 is 0 Å². The zero-order chi connectivity index (χ0) is 18.7. The topological polar surface area (TPSA) is 74.5 Å². The van der Waals surface area contributed by atoms with Crippen molar-refractivity contribution in [2.24, 2.45) is 0 Å². The molecule has 26 heavy (non-hydrogen) atoms. The van der Waals surface area contributed by atoms with Crippen LogP contribution in [-0.2, 0) is 4.74 Å². The fourth-order valence-electron chi connectivity index (χ4n) is 2.18. The van der Waals surface area contributed by atoms with Crippen LogP contribution in [0.4, 0.5) is 8.78 Å². The standard InChI is InChI=1S/C18H14F2N2O4/c1-10(25-18(23)14-8-5-12(19)9-15(14)20)16-21-22-17(26-16)11-3-6-13(24-2)7-4-11/h3-10H,1-2H3/t10-/m0/s1. The maximum Gasteiger partial charge on any atom is 0.341 e. The van der Waals surface area contributed by atoms with Gasteiger partial charge in [0, 0.05) is 11.6 Å².